The van der Waals surface area contributed by atoms with Crippen LogP contribution in [0.1, 0.15) is 20.8 Å². The lowest BCUT2D eigenvalue weighted by atomic mass is 10.2. The molecule has 7 nitrogen and oxygen atoms in total. The van der Waals surface area contributed by atoms with E-state index in [0.717, 1.165) is 0 Å². The van der Waals surface area contributed by atoms with Crippen molar-refractivity contribution in [2.75, 3.05) is 31.7 Å². The van der Waals surface area contributed by atoms with Gasteiger partial charge in [-0.2, -0.15) is 0 Å². The monoisotopic (exact) mass is 321 g/mol. The molecule has 0 unspecified atom stereocenters. The molecule has 126 valence electrons. The predicted molar refractivity (Wildman–Crippen MR) is 86.6 cm³/mol. The van der Waals surface area contributed by atoms with E-state index in [9.17, 15) is 9.59 Å². The van der Waals surface area contributed by atoms with Gasteiger partial charge in [0.1, 0.15) is 0 Å². The van der Waals surface area contributed by atoms with E-state index in [1.165, 1.54) is 0 Å². The molecule has 0 spiro atoms. The van der Waals surface area contributed by atoms with Crippen LogP contribution in [0.5, 0.6) is 11.5 Å². The van der Waals surface area contributed by atoms with Gasteiger partial charge in [-0.3, -0.25) is 14.5 Å². The van der Waals surface area contributed by atoms with Crippen molar-refractivity contribution in [1.82, 2.24) is 10.2 Å². The van der Waals surface area contributed by atoms with Crippen molar-refractivity contribution in [3.05, 3.63) is 18.2 Å². The smallest absolute Gasteiger partial charge is 0.238 e. The summed E-state index contributed by atoms with van der Waals surface area (Å²) in [5.74, 6) is 1.02. The van der Waals surface area contributed by atoms with Crippen molar-refractivity contribution in [2.45, 2.75) is 26.8 Å². The zero-order valence-electron chi connectivity index (χ0n) is 13.7. The molecule has 2 rings (SSSR count). The van der Waals surface area contributed by atoms with Crippen molar-refractivity contribution in [3.8, 4) is 11.5 Å². The first-order chi connectivity index (χ1) is 11.0. The summed E-state index contributed by atoms with van der Waals surface area (Å²) in [6.45, 7) is 6.87. The first-order valence-corrected chi connectivity index (χ1v) is 7.69. The number of benzene rings is 1. The van der Waals surface area contributed by atoms with Gasteiger partial charge in [-0.05, 0) is 32.5 Å². The summed E-state index contributed by atoms with van der Waals surface area (Å²) in [4.78, 5) is 25.7. The van der Waals surface area contributed by atoms with Gasteiger partial charge in [0.15, 0.2) is 11.5 Å². The molecule has 1 aliphatic rings. The molecule has 0 atom stereocenters. The number of hydrogen-bond donors (Lipinski definition) is 2. The number of ether oxygens (including phenoxy) is 2. The number of carbonyl (C=O) groups excluding carboxylic acids is 2. The molecular weight excluding hydrogens is 298 g/mol. The molecule has 7 heteroatoms. The van der Waals surface area contributed by atoms with Gasteiger partial charge >= 0.3 is 0 Å². The number of carbonyl (C=O) groups is 2. The lowest BCUT2D eigenvalue weighted by Gasteiger charge is -2.20. The van der Waals surface area contributed by atoms with Crippen LogP contribution in [0.25, 0.3) is 0 Å². The quantitative estimate of drug-likeness (QED) is 0.789. The number of fused-ring (bicyclic) bond motifs is 1. The van der Waals surface area contributed by atoms with Crippen molar-refractivity contribution in [1.29, 1.82) is 0 Å². The van der Waals surface area contributed by atoms with Crippen molar-refractivity contribution in [2.24, 2.45) is 0 Å². The molecule has 1 aromatic rings. The van der Waals surface area contributed by atoms with Crippen LogP contribution in [-0.2, 0) is 9.59 Å². The molecule has 1 aromatic carbocycles. The van der Waals surface area contributed by atoms with Crippen LogP contribution in [0.15, 0.2) is 18.2 Å². The van der Waals surface area contributed by atoms with E-state index in [-0.39, 0.29) is 37.7 Å². The molecule has 0 aliphatic carbocycles. The van der Waals surface area contributed by atoms with Crippen LogP contribution in [-0.4, -0.2) is 49.2 Å². The van der Waals surface area contributed by atoms with E-state index < -0.39 is 0 Å². The summed E-state index contributed by atoms with van der Waals surface area (Å²) in [6.07, 6.45) is 0. The summed E-state index contributed by atoms with van der Waals surface area (Å²) in [6, 6.07) is 5.32. The van der Waals surface area contributed by atoms with E-state index in [1.54, 1.807) is 23.1 Å². The second-order valence-corrected chi connectivity index (χ2v) is 5.64. The Hall–Kier alpha value is -2.28. The fraction of sp³-hybridized carbons (Fsp3) is 0.500. The highest BCUT2D eigenvalue weighted by molar-refractivity contribution is 5.93. The van der Waals surface area contributed by atoms with Crippen LogP contribution in [0.3, 0.4) is 0 Å². The first-order valence-electron chi connectivity index (χ1n) is 7.69. The first kappa shape index (κ1) is 17.1. The highest BCUT2D eigenvalue weighted by Crippen LogP contribution is 2.34. The summed E-state index contributed by atoms with van der Waals surface area (Å²) >= 11 is 0. The zero-order chi connectivity index (χ0) is 16.8. The summed E-state index contributed by atoms with van der Waals surface area (Å²) in [7, 11) is 0. The van der Waals surface area contributed by atoms with E-state index >= 15 is 0 Å². The Bertz CT molecular complexity index is 574. The molecule has 0 fully saturated rings. The molecular formula is C16H23N3O4. The molecule has 0 saturated heterocycles. The Labute approximate surface area is 135 Å². The maximum absolute atomic E-state index is 12.1. The number of nitrogens with one attached hydrogen (secondary N) is 2. The van der Waals surface area contributed by atoms with Gasteiger partial charge in [0.25, 0.3) is 0 Å². The molecule has 1 aliphatic heterocycles. The standard InChI is InChI=1S/C16H23N3O4/c1-4-19(8-15(20)17-11(2)3)9-16(21)18-12-5-6-13-14(7-12)23-10-22-13/h5-7,11H,4,8-10H2,1-3H3,(H,17,20)(H,18,21). The van der Waals surface area contributed by atoms with Gasteiger partial charge in [0, 0.05) is 17.8 Å². The van der Waals surface area contributed by atoms with Crippen LogP contribution in [0.4, 0.5) is 5.69 Å². The maximum Gasteiger partial charge on any atom is 0.238 e. The SMILES string of the molecule is CCN(CC(=O)Nc1ccc2c(c1)OCO2)CC(=O)NC(C)C. The Balaban J connectivity index is 1.86. The molecule has 23 heavy (non-hydrogen) atoms. The predicted octanol–water partition coefficient (Wildman–Crippen LogP) is 1.20. The summed E-state index contributed by atoms with van der Waals surface area (Å²) < 4.78 is 10.5. The minimum Gasteiger partial charge on any atom is -0.454 e. The van der Waals surface area contributed by atoms with Crippen LogP contribution in [0, 0.1) is 0 Å². The number of amides is 2. The summed E-state index contributed by atoms with van der Waals surface area (Å²) in [5, 5.41) is 5.62. The Kier molecular flexibility index (Phi) is 5.81. The Morgan fingerprint density at radius 2 is 1.87 bits per heavy atom. The third-order valence-corrected chi connectivity index (χ3v) is 3.29. The number of anilines is 1. The minimum atomic E-state index is -0.178. The number of likely N-dealkylation sites (N-methyl/N-ethyl adjacent to an activating group) is 1. The van der Waals surface area contributed by atoms with Gasteiger partial charge in [-0.1, -0.05) is 6.92 Å². The van der Waals surface area contributed by atoms with E-state index in [2.05, 4.69) is 10.6 Å². The molecule has 0 saturated carbocycles. The molecule has 0 aromatic heterocycles. The maximum atomic E-state index is 12.1. The highest BCUT2D eigenvalue weighted by atomic mass is 16.7. The Morgan fingerprint density at radius 1 is 1.17 bits per heavy atom. The number of nitrogens with zero attached hydrogens (tertiary/aromatic N) is 1. The van der Waals surface area contributed by atoms with Gasteiger partial charge < -0.3 is 20.1 Å². The second kappa shape index (κ2) is 7.82. The normalized spacial score (nSPS) is 12.6. The van der Waals surface area contributed by atoms with E-state index in [0.29, 0.717) is 23.7 Å². The molecule has 2 amide bonds. The zero-order valence-corrected chi connectivity index (χ0v) is 13.7. The van der Waals surface area contributed by atoms with Crippen molar-refractivity contribution >= 4 is 17.5 Å². The van der Waals surface area contributed by atoms with E-state index in [1.807, 2.05) is 20.8 Å². The largest absolute Gasteiger partial charge is 0.454 e. The van der Waals surface area contributed by atoms with Crippen molar-refractivity contribution in [3.63, 3.8) is 0 Å². The average Bonchev–Trinajstić information content (AvgIpc) is 2.93. The van der Waals surface area contributed by atoms with Gasteiger partial charge in [-0.25, -0.2) is 0 Å². The lowest BCUT2D eigenvalue weighted by molar-refractivity contribution is -0.123. The Morgan fingerprint density at radius 3 is 2.57 bits per heavy atom. The van der Waals surface area contributed by atoms with Gasteiger partial charge in [-0.15, -0.1) is 0 Å². The van der Waals surface area contributed by atoms with Crippen LogP contribution in [0.2, 0.25) is 0 Å². The highest BCUT2D eigenvalue weighted by Gasteiger charge is 2.16. The lowest BCUT2D eigenvalue weighted by Crippen LogP contribution is -2.42. The van der Waals surface area contributed by atoms with Crippen LogP contribution < -0.4 is 20.1 Å². The minimum absolute atomic E-state index is 0.0854. The van der Waals surface area contributed by atoms with E-state index in [4.69, 9.17) is 9.47 Å². The summed E-state index contributed by atoms with van der Waals surface area (Å²) in [5.41, 5.74) is 0.641. The second-order valence-electron chi connectivity index (χ2n) is 5.64. The van der Waals surface area contributed by atoms with Gasteiger partial charge in [0.2, 0.25) is 18.6 Å². The fourth-order valence-electron chi connectivity index (χ4n) is 2.23. The van der Waals surface area contributed by atoms with Gasteiger partial charge in [0.05, 0.1) is 13.1 Å². The third kappa shape index (κ3) is 5.14. The molecule has 1 heterocycles. The molecule has 0 radical (unpaired) electrons. The number of hydrogen-bond acceptors (Lipinski definition) is 5. The van der Waals surface area contributed by atoms with Crippen molar-refractivity contribution < 1.29 is 19.1 Å². The number of rotatable bonds is 7. The average molecular weight is 321 g/mol. The molecule has 2 N–H and O–H groups in total. The topological polar surface area (TPSA) is 79.9 Å². The fourth-order valence-corrected chi connectivity index (χ4v) is 2.23. The van der Waals surface area contributed by atoms with Crippen LogP contribution >= 0.6 is 0 Å². The molecule has 0 bridgehead atoms. The third-order valence-electron chi connectivity index (χ3n) is 3.29.